The van der Waals surface area contributed by atoms with Crippen molar-refractivity contribution in [3.63, 3.8) is 0 Å². The highest BCUT2D eigenvalue weighted by Gasteiger charge is 2.21. The van der Waals surface area contributed by atoms with Crippen molar-refractivity contribution in [3.8, 4) is 0 Å². The molecule has 168 valence electrons. The maximum absolute atomic E-state index is 12.7. The molecule has 1 amide bonds. The lowest BCUT2D eigenvalue weighted by atomic mass is 10.2. The number of allylic oxidation sites excluding steroid dienone is 1. The minimum Gasteiger partial charge on any atom is -0.374 e. The van der Waals surface area contributed by atoms with E-state index >= 15 is 0 Å². The van der Waals surface area contributed by atoms with Gasteiger partial charge in [0.05, 0.1) is 24.0 Å². The number of benzene rings is 1. The largest absolute Gasteiger partial charge is 0.374 e. The molecule has 1 N–H and O–H groups in total. The third kappa shape index (κ3) is 5.66. The fourth-order valence-corrected chi connectivity index (χ4v) is 5.24. The second kappa shape index (κ2) is 10.9. The molecule has 4 rings (SSSR count). The highest BCUT2D eigenvalue weighted by atomic mass is 32.2. The number of aromatic nitrogens is 2. The predicted molar refractivity (Wildman–Crippen MR) is 129 cm³/mol. The van der Waals surface area contributed by atoms with Crippen LogP contribution in [0.5, 0.6) is 0 Å². The summed E-state index contributed by atoms with van der Waals surface area (Å²) in [6.45, 7) is 7.73. The molecule has 1 fully saturated rings. The van der Waals surface area contributed by atoms with Crippen molar-refractivity contribution in [2.45, 2.75) is 24.3 Å². The average molecular weight is 471 g/mol. The van der Waals surface area contributed by atoms with Gasteiger partial charge in [-0.05, 0) is 17.0 Å². The summed E-state index contributed by atoms with van der Waals surface area (Å²) in [5, 5.41) is 5.34. The minimum absolute atomic E-state index is 0.0411. The topological polar surface area (TPSA) is 76.5 Å². The number of nitrogens with zero attached hydrogens (tertiary/aromatic N) is 3. The van der Waals surface area contributed by atoms with Crippen molar-refractivity contribution in [2.75, 3.05) is 32.0 Å². The van der Waals surface area contributed by atoms with Gasteiger partial charge in [0.15, 0.2) is 5.16 Å². The molecular formula is C23H26N4O3S2. The molecule has 1 aliphatic rings. The number of nitrogens with one attached hydrogen (secondary N) is 1. The van der Waals surface area contributed by atoms with Gasteiger partial charge < -0.3 is 10.1 Å². The minimum atomic E-state index is -0.108. The second-order valence-electron chi connectivity index (χ2n) is 7.54. The Kier molecular flexibility index (Phi) is 7.75. The number of fused-ring (bicyclic) bond motifs is 1. The zero-order chi connectivity index (χ0) is 22.3. The molecule has 0 bridgehead atoms. The van der Waals surface area contributed by atoms with Gasteiger partial charge in [-0.15, -0.1) is 17.9 Å². The van der Waals surface area contributed by atoms with Crippen LogP contribution in [0.4, 0.5) is 0 Å². The van der Waals surface area contributed by atoms with Gasteiger partial charge in [0.2, 0.25) is 5.91 Å². The van der Waals surface area contributed by atoms with Crippen molar-refractivity contribution in [1.29, 1.82) is 0 Å². The number of hydrogen-bond donors (Lipinski definition) is 1. The summed E-state index contributed by atoms with van der Waals surface area (Å²) in [4.78, 5) is 32.1. The van der Waals surface area contributed by atoms with Crippen LogP contribution in [0.3, 0.4) is 0 Å². The van der Waals surface area contributed by atoms with E-state index in [1.165, 1.54) is 28.7 Å². The van der Waals surface area contributed by atoms with E-state index in [0.717, 1.165) is 19.6 Å². The zero-order valence-corrected chi connectivity index (χ0v) is 19.4. The number of thioether (sulfide) groups is 1. The SMILES string of the molecule is C=CCn1c(SCC(=O)NCC2CN(Cc3ccccc3)CCO2)nc2ccsc2c1=O. The van der Waals surface area contributed by atoms with Crippen molar-refractivity contribution >= 4 is 39.2 Å². The van der Waals surface area contributed by atoms with Gasteiger partial charge in [0.1, 0.15) is 4.70 Å². The Morgan fingerprint density at radius 2 is 2.19 bits per heavy atom. The van der Waals surface area contributed by atoms with Crippen LogP contribution in [0.25, 0.3) is 10.2 Å². The lowest BCUT2D eigenvalue weighted by Gasteiger charge is -2.33. The number of ether oxygens (including phenoxy) is 1. The van der Waals surface area contributed by atoms with E-state index in [1.807, 2.05) is 29.6 Å². The summed E-state index contributed by atoms with van der Waals surface area (Å²) in [6.07, 6.45) is 1.62. The third-order valence-corrected chi connectivity index (χ3v) is 7.04. The summed E-state index contributed by atoms with van der Waals surface area (Å²) in [5.41, 5.74) is 1.84. The van der Waals surface area contributed by atoms with E-state index in [1.54, 1.807) is 10.6 Å². The molecule has 3 heterocycles. The number of thiophene rings is 1. The fourth-order valence-electron chi connectivity index (χ4n) is 3.62. The van der Waals surface area contributed by atoms with Crippen LogP contribution >= 0.6 is 23.1 Å². The summed E-state index contributed by atoms with van der Waals surface area (Å²) >= 11 is 2.64. The average Bonchev–Trinajstić information content (AvgIpc) is 3.28. The molecule has 7 nitrogen and oxygen atoms in total. The predicted octanol–water partition coefficient (Wildman–Crippen LogP) is 2.75. The number of carbonyl (C=O) groups is 1. The quantitative estimate of drug-likeness (QED) is 0.294. The van der Waals surface area contributed by atoms with Crippen molar-refractivity contribution in [2.24, 2.45) is 0 Å². The van der Waals surface area contributed by atoms with Crippen LogP contribution in [0.15, 0.2) is 64.4 Å². The smallest absolute Gasteiger partial charge is 0.272 e. The van der Waals surface area contributed by atoms with E-state index in [4.69, 9.17) is 4.74 Å². The monoisotopic (exact) mass is 470 g/mol. The second-order valence-corrected chi connectivity index (χ2v) is 9.40. The molecule has 0 radical (unpaired) electrons. The molecule has 32 heavy (non-hydrogen) atoms. The summed E-state index contributed by atoms with van der Waals surface area (Å²) in [6, 6.07) is 12.2. The maximum Gasteiger partial charge on any atom is 0.272 e. The van der Waals surface area contributed by atoms with E-state index in [9.17, 15) is 9.59 Å². The van der Waals surface area contributed by atoms with Crippen molar-refractivity contribution < 1.29 is 9.53 Å². The Labute approximate surface area is 195 Å². The highest BCUT2D eigenvalue weighted by molar-refractivity contribution is 7.99. The van der Waals surface area contributed by atoms with Crippen LogP contribution in [0, 0.1) is 0 Å². The first-order valence-electron chi connectivity index (χ1n) is 10.5. The zero-order valence-electron chi connectivity index (χ0n) is 17.7. The summed E-state index contributed by atoms with van der Waals surface area (Å²) in [7, 11) is 0. The molecule has 0 aliphatic carbocycles. The third-order valence-electron chi connectivity index (χ3n) is 5.17. The molecule has 3 aromatic rings. The molecule has 1 saturated heterocycles. The van der Waals surface area contributed by atoms with Crippen LogP contribution < -0.4 is 10.9 Å². The Balaban J connectivity index is 1.29. The van der Waals surface area contributed by atoms with Crippen LogP contribution in [-0.4, -0.2) is 58.5 Å². The number of rotatable bonds is 9. The van der Waals surface area contributed by atoms with Gasteiger partial charge >= 0.3 is 0 Å². The Morgan fingerprint density at radius 1 is 1.34 bits per heavy atom. The van der Waals surface area contributed by atoms with Gasteiger partial charge in [0, 0.05) is 32.7 Å². The summed E-state index contributed by atoms with van der Waals surface area (Å²) < 4.78 is 8.02. The fraction of sp³-hybridized carbons (Fsp3) is 0.348. The molecule has 1 atom stereocenters. The van der Waals surface area contributed by atoms with Gasteiger partial charge in [-0.3, -0.25) is 19.1 Å². The number of carbonyl (C=O) groups excluding carboxylic acids is 1. The van der Waals surface area contributed by atoms with Gasteiger partial charge in [-0.2, -0.15) is 0 Å². The lowest BCUT2D eigenvalue weighted by molar-refractivity contribution is -0.119. The normalized spacial score (nSPS) is 16.8. The Morgan fingerprint density at radius 3 is 3.00 bits per heavy atom. The van der Waals surface area contributed by atoms with Crippen LogP contribution in [0.1, 0.15) is 5.56 Å². The van der Waals surface area contributed by atoms with Crippen LogP contribution in [-0.2, 0) is 22.6 Å². The lowest BCUT2D eigenvalue weighted by Crippen LogP contribution is -2.47. The molecule has 1 unspecified atom stereocenters. The summed E-state index contributed by atoms with van der Waals surface area (Å²) in [5.74, 6) is 0.0725. The number of amides is 1. The van der Waals surface area contributed by atoms with E-state index in [2.05, 4.69) is 33.9 Å². The van der Waals surface area contributed by atoms with E-state index in [-0.39, 0.29) is 23.3 Å². The van der Waals surface area contributed by atoms with Gasteiger partial charge in [-0.25, -0.2) is 4.98 Å². The molecule has 0 spiro atoms. The molecule has 0 saturated carbocycles. The molecular weight excluding hydrogens is 444 g/mol. The molecule has 1 aromatic carbocycles. The van der Waals surface area contributed by atoms with Gasteiger partial charge in [-0.1, -0.05) is 48.2 Å². The maximum atomic E-state index is 12.7. The first kappa shape index (κ1) is 22.7. The van der Waals surface area contributed by atoms with Gasteiger partial charge in [0.25, 0.3) is 5.56 Å². The molecule has 2 aromatic heterocycles. The number of hydrogen-bond acceptors (Lipinski definition) is 7. The number of morpholine rings is 1. The van der Waals surface area contributed by atoms with E-state index < -0.39 is 0 Å². The van der Waals surface area contributed by atoms with E-state index in [0.29, 0.717) is 35.1 Å². The Bertz CT molecular complexity index is 1130. The van der Waals surface area contributed by atoms with Crippen molar-refractivity contribution in [3.05, 3.63) is 70.4 Å². The first-order valence-corrected chi connectivity index (χ1v) is 12.4. The van der Waals surface area contributed by atoms with Crippen molar-refractivity contribution in [1.82, 2.24) is 19.8 Å². The molecule has 1 aliphatic heterocycles. The Hall–Kier alpha value is -2.46. The standard InChI is InChI=1S/C23H26N4O3S2/c1-2-9-27-22(29)21-19(8-12-31-21)25-23(27)32-16-20(28)24-13-18-15-26(10-11-30-18)14-17-6-4-3-5-7-17/h2-8,12,18H,1,9-11,13-16H2,(H,24,28). The first-order chi connectivity index (χ1) is 15.6. The highest BCUT2D eigenvalue weighted by Crippen LogP contribution is 2.21. The molecule has 9 heteroatoms. The van der Waals surface area contributed by atoms with Crippen LogP contribution in [0.2, 0.25) is 0 Å².